The molecule has 1 N–H and O–H groups in total. The van der Waals surface area contributed by atoms with Crippen molar-refractivity contribution in [1.29, 1.82) is 0 Å². The largest absolute Gasteiger partial charge is 0.497 e. The number of carbonyl (C=O) groups is 2. The van der Waals surface area contributed by atoms with Gasteiger partial charge in [-0.15, -0.1) is 0 Å². The van der Waals surface area contributed by atoms with Crippen LogP contribution in [0.4, 0.5) is 4.79 Å². The van der Waals surface area contributed by atoms with Gasteiger partial charge in [-0.3, -0.25) is 0 Å². The van der Waals surface area contributed by atoms with Crippen LogP contribution in [0.5, 0.6) is 11.5 Å². The molecule has 1 amide bonds. The summed E-state index contributed by atoms with van der Waals surface area (Å²) in [7, 11) is 1.59. The summed E-state index contributed by atoms with van der Waals surface area (Å²) in [6.07, 6.45) is 0.326. The van der Waals surface area contributed by atoms with E-state index in [-0.39, 0.29) is 5.75 Å². The van der Waals surface area contributed by atoms with Gasteiger partial charge in [0.15, 0.2) is 0 Å². The molecule has 1 aromatic heterocycles. The number of aryl methyl sites for hydroxylation is 1. The molecular formula is C27H31NO7. The molecule has 0 aliphatic rings. The van der Waals surface area contributed by atoms with Gasteiger partial charge in [0.25, 0.3) is 0 Å². The highest BCUT2D eigenvalue weighted by atomic mass is 16.6. The number of alkyl carbamates (subject to hydrolysis) is 1. The lowest BCUT2D eigenvalue weighted by Crippen LogP contribution is -2.45. The summed E-state index contributed by atoms with van der Waals surface area (Å²) in [4.78, 5) is 37.5. The fraction of sp³-hybridized carbons (Fsp3) is 0.370. The average molecular weight is 482 g/mol. The SMILES string of the molecule is CCCC(NC(=O)OC(C)(C)C)C(=O)Oc1ccc2c(-c3ccc(OC)cc3)cc(=O)oc2c1C. The Hall–Kier alpha value is -3.81. The van der Waals surface area contributed by atoms with E-state index in [1.165, 1.54) is 6.07 Å². The number of methoxy groups -OCH3 is 1. The zero-order valence-electron chi connectivity index (χ0n) is 20.9. The Morgan fingerprint density at radius 3 is 2.37 bits per heavy atom. The molecule has 1 heterocycles. The van der Waals surface area contributed by atoms with Crippen LogP contribution in [0.15, 0.2) is 51.7 Å². The monoisotopic (exact) mass is 481 g/mol. The summed E-state index contributed by atoms with van der Waals surface area (Å²) in [5.74, 6) is 0.312. The standard InChI is InChI=1S/C27H31NO7/c1-7-8-21(28-26(31)35-27(3,4)5)25(30)33-22-14-13-19-20(15-23(29)34-24(19)16(22)2)17-9-11-18(32-6)12-10-17/h9-15,21H,7-8H2,1-6H3,(H,28,31). The van der Waals surface area contributed by atoms with Crippen molar-refractivity contribution in [2.45, 2.75) is 59.1 Å². The Bertz CT molecular complexity index is 1270. The number of ether oxygens (including phenoxy) is 3. The maximum Gasteiger partial charge on any atom is 0.408 e. The predicted molar refractivity (Wildman–Crippen MR) is 133 cm³/mol. The van der Waals surface area contributed by atoms with Crippen LogP contribution < -0.4 is 20.4 Å². The molecule has 8 nitrogen and oxygen atoms in total. The molecule has 0 saturated carbocycles. The highest BCUT2D eigenvalue weighted by Gasteiger charge is 2.26. The van der Waals surface area contributed by atoms with E-state index in [4.69, 9.17) is 18.6 Å². The molecule has 0 bridgehead atoms. The van der Waals surface area contributed by atoms with Crippen LogP contribution in [0.2, 0.25) is 0 Å². The van der Waals surface area contributed by atoms with Crippen LogP contribution in [0.1, 0.15) is 46.1 Å². The van der Waals surface area contributed by atoms with Crippen molar-refractivity contribution in [3.8, 4) is 22.6 Å². The Labute approximate surface area is 204 Å². The first kappa shape index (κ1) is 25.8. The van der Waals surface area contributed by atoms with Crippen LogP contribution in [0, 0.1) is 6.92 Å². The fourth-order valence-corrected chi connectivity index (χ4v) is 3.63. The first-order chi connectivity index (χ1) is 16.5. The molecule has 0 spiro atoms. The van der Waals surface area contributed by atoms with Crippen molar-refractivity contribution < 1.29 is 28.2 Å². The van der Waals surface area contributed by atoms with Gasteiger partial charge < -0.3 is 23.9 Å². The minimum atomic E-state index is -0.886. The molecule has 1 unspecified atom stereocenters. The first-order valence-electron chi connectivity index (χ1n) is 11.5. The topological polar surface area (TPSA) is 104 Å². The lowest BCUT2D eigenvalue weighted by atomic mass is 10.00. The third-order valence-electron chi connectivity index (χ3n) is 5.28. The smallest absolute Gasteiger partial charge is 0.408 e. The van der Waals surface area contributed by atoms with Gasteiger partial charge in [-0.05, 0) is 69.5 Å². The zero-order chi connectivity index (χ0) is 25.8. The van der Waals surface area contributed by atoms with Crippen molar-refractivity contribution in [3.63, 3.8) is 0 Å². The molecule has 0 aliphatic heterocycles. The number of carbonyl (C=O) groups excluding carboxylic acids is 2. The van der Waals surface area contributed by atoms with Gasteiger partial charge >= 0.3 is 17.7 Å². The Balaban J connectivity index is 1.91. The fourth-order valence-electron chi connectivity index (χ4n) is 3.63. The zero-order valence-corrected chi connectivity index (χ0v) is 20.9. The average Bonchev–Trinajstić information content (AvgIpc) is 2.79. The van der Waals surface area contributed by atoms with Gasteiger partial charge in [-0.25, -0.2) is 14.4 Å². The summed E-state index contributed by atoms with van der Waals surface area (Å²) in [5.41, 5.74) is 1.11. The van der Waals surface area contributed by atoms with E-state index in [2.05, 4.69) is 5.32 Å². The van der Waals surface area contributed by atoms with E-state index in [0.29, 0.717) is 40.7 Å². The maximum atomic E-state index is 12.9. The number of esters is 1. The van der Waals surface area contributed by atoms with Gasteiger partial charge in [0.05, 0.1) is 7.11 Å². The summed E-state index contributed by atoms with van der Waals surface area (Å²) in [5, 5.41) is 3.28. The Morgan fingerprint density at radius 1 is 1.09 bits per heavy atom. The Kier molecular flexibility index (Phi) is 7.84. The van der Waals surface area contributed by atoms with Crippen LogP contribution in [0.3, 0.4) is 0 Å². The molecule has 186 valence electrons. The second kappa shape index (κ2) is 10.6. The normalized spacial score (nSPS) is 12.2. The lowest BCUT2D eigenvalue weighted by Gasteiger charge is -2.23. The van der Waals surface area contributed by atoms with Crippen molar-refractivity contribution in [2.75, 3.05) is 7.11 Å². The van der Waals surface area contributed by atoms with Crippen LogP contribution in [-0.4, -0.2) is 30.8 Å². The molecule has 35 heavy (non-hydrogen) atoms. The highest BCUT2D eigenvalue weighted by molar-refractivity contribution is 5.96. The van der Waals surface area contributed by atoms with Crippen molar-refractivity contribution >= 4 is 23.0 Å². The molecule has 0 radical (unpaired) electrons. The molecule has 3 rings (SSSR count). The van der Waals surface area contributed by atoms with E-state index in [9.17, 15) is 14.4 Å². The number of rotatable bonds is 7. The van der Waals surface area contributed by atoms with E-state index in [0.717, 1.165) is 5.56 Å². The molecule has 0 aliphatic carbocycles. The van der Waals surface area contributed by atoms with Crippen molar-refractivity contribution in [3.05, 3.63) is 58.4 Å². The van der Waals surface area contributed by atoms with Gasteiger partial charge in [0.2, 0.25) is 0 Å². The maximum absolute atomic E-state index is 12.9. The van der Waals surface area contributed by atoms with Crippen LogP contribution in [0.25, 0.3) is 22.1 Å². The minimum Gasteiger partial charge on any atom is -0.497 e. The Morgan fingerprint density at radius 2 is 1.77 bits per heavy atom. The molecule has 3 aromatic rings. The van der Waals surface area contributed by atoms with E-state index >= 15 is 0 Å². The third-order valence-corrected chi connectivity index (χ3v) is 5.28. The van der Waals surface area contributed by atoms with Crippen molar-refractivity contribution in [2.24, 2.45) is 0 Å². The molecule has 8 heteroatoms. The van der Waals surface area contributed by atoms with Gasteiger partial charge in [-0.2, -0.15) is 0 Å². The van der Waals surface area contributed by atoms with Gasteiger partial charge in [-0.1, -0.05) is 25.5 Å². The lowest BCUT2D eigenvalue weighted by molar-refractivity contribution is -0.137. The highest BCUT2D eigenvalue weighted by Crippen LogP contribution is 2.34. The number of fused-ring (bicyclic) bond motifs is 1. The molecule has 1 atom stereocenters. The number of hydrogen-bond donors (Lipinski definition) is 1. The second-order valence-electron chi connectivity index (χ2n) is 9.18. The minimum absolute atomic E-state index is 0.240. The summed E-state index contributed by atoms with van der Waals surface area (Å²) in [6, 6.07) is 11.3. The quantitative estimate of drug-likeness (QED) is 0.275. The summed E-state index contributed by atoms with van der Waals surface area (Å²) < 4.78 is 21.6. The van der Waals surface area contributed by atoms with Crippen molar-refractivity contribution in [1.82, 2.24) is 5.32 Å². The van der Waals surface area contributed by atoms with E-state index in [1.807, 2.05) is 31.2 Å². The molecule has 0 saturated heterocycles. The summed E-state index contributed by atoms with van der Waals surface area (Å²) in [6.45, 7) is 8.83. The van der Waals surface area contributed by atoms with Gasteiger partial charge in [0, 0.05) is 17.0 Å². The van der Waals surface area contributed by atoms with E-state index in [1.54, 1.807) is 46.9 Å². The number of amides is 1. The molecule has 2 aromatic carbocycles. The number of benzene rings is 2. The molecular weight excluding hydrogens is 450 g/mol. The van der Waals surface area contributed by atoms with Crippen LogP contribution in [-0.2, 0) is 9.53 Å². The number of hydrogen-bond acceptors (Lipinski definition) is 7. The van der Waals surface area contributed by atoms with Crippen LogP contribution >= 0.6 is 0 Å². The molecule has 0 fully saturated rings. The predicted octanol–water partition coefficient (Wildman–Crippen LogP) is 5.38. The van der Waals surface area contributed by atoms with E-state index < -0.39 is 29.3 Å². The first-order valence-corrected chi connectivity index (χ1v) is 11.5. The summed E-state index contributed by atoms with van der Waals surface area (Å²) >= 11 is 0. The number of nitrogens with one attached hydrogen (secondary N) is 1. The third kappa shape index (κ3) is 6.41. The second-order valence-corrected chi connectivity index (χ2v) is 9.18. The van der Waals surface area contributed by atoms with Gasteiger partial charge in [0.1, 0.15) is 28.7 Å².